The molecule has 0 aliphatic heterocycles. The van der Waals surface area contributed by atoms with Crippen LogP contribution in [-0.4, -0.2) is 17.4 Å². The van der Waals surface area contributed by atoms with Crippen LogP contribution in [0.2, 0.25) is 0 Å². The Labute approximate surface area is 148 Å². The molecule has 132 valence electrons. The molecule has 0 aromatic carbocycles. The molecule has 0 fully saturated rings. The third kappa shape index (κ3) is 4.69. The second kappa shape index (κ2) is 9.02. The van der Waals surface area contributed by atoms with Gasteiger partial charge in [0.05, 0.1) is 5.69 Å². The molecule has 2 aromatic heterocycles. The maximum Gasteiger partial charge on any atom is 0.263 e. The van der Waals surface area contributed by atoms with Crippen LogP contribution in [0.5, 0.6) is 0 Å². The zero-order chi connectivity index (χ0) is 17.5. The fraction of sp³-hybridized carbons (Fsp3) is 0.579. The highest BCUT2D eigenvalue weighted by atomic mass is 32.1. The number of hydrogen-bond acceptors (Lipinski definition) is 4. The lowest BCUT2D eigenvalue weighted by molar-refractivity contribution is 0.0958. The SMILES string of the molecule is CCCCCCCCCNC(=O)c1sc2nc(C)c(C)cc2c1N. The first-order chi connectivity index (χ1) is 11.5. The monoisotopic (exact) mass is 347 g/mol. The number of thiophene rings is 1. The average molecular weight is 348 g/mol. The normalized spacial score (nSPS) is 11.1. The molecule has 0 radical (unpaired) electrons. The number of carbonyl (C=O) groups is 1. The fourth-order valence-electron chi connectivity index (χ4n) is 2.76. The van der Waals surface area contributed by atoms with Gasteiger partial charge in [-0.25, -0.2) is 4.98 Å². The van der Waals surface area contributed by atoms with Crippen molar-refractivity contribution in [3.63, 3.8) is 0 Å². The number of aromatic nitrogens is 1. The molecule has 0 aliphatic rings. The van der Waals surface area contributed by atoms with E-state index in [0.29, 0.717) is 17.1 Å². The van der Waals surface area contributed by atoms with Crippen LogP contribution in [-0.2, 0) is 0 Å². The van der Waals surface area contributed by atoms with Crippen molar-refractivity contribution in [3.8, 4) is 0 Å². The molecule has 3 N–H and O–H groups in total. The molecule has 0 bridgehead atoms. The summed E-state index contributed by atoms with van der Waals surface area (Å²) in [5.74, 6) is -0.0724. The second-order valence-electron chi connectivity index (χ2n) is 6.47. The van der Waals surface area contributed by atoms with Crippen LogP contribution >= 0.6 is 11.3 Å². The number of carbonyl (C=O) groups excluding carboxylic acids is 1. The van der Waals surface area contributed by atoms with Crippen molar-refractivity contribution in [1.82, 2.24) is 10.3 Å². The predicted molar refractivity (Wildman–Crippen MR) is 104 cm³/mol. The minimum atomic E-state index is -0.0724. The van der Waals surface area contributed by atoms with Crippen molar-refractivity contribution >= 4 is 33.1 Å². The molecular weight excluding hydrogens is 318 g/mol. The molecule has 0 saturated carbocycles. The summed E-state index contributed by atoms with van der Waals surface area (Å²) < 4.78 is 0. The van der Waals surface area contributed by atoms with Crippen molar-refractivity contribution in [1.29, 1.82) is 0 Å². The summed E-state index contributed by atoms with van der Waals surface area (Å²) in [4.78, 5) is 18.3. The van der Waals surface area contributed by atoms with Gasteiger partial charge < -0.3 is 11.1 Å². The predicted octanol–water partition coefficient (Wildman–Crippen LogP) is 4.98. The molecule has 0 spiro atoms. The Bertz CT molecular complexity index is 693. The van der Waals surface area contributed by atoms with Gasteiger partial charge in [0.2, 0.25) is 0 Å². The molecule has 4 nitrogen and oxygen atoms in total. The number of amides is 1. The van der Waals surface area contributed by atoms with Crippen LogP contribution in [0.4, 0.5) is 5.69 Å². The van der Waals surface area contributed by atoms with Crippen LogP contribution in [0.15, 0.2) is 6.07 Å². The number of hydrogen-bond donors (Lipinski definition) is 2. The summed E-state index contributed by atoms with van der Waals surface area (Å²) in [6, 6.07) is 2.02. The van der Waals surface area contributed by atoms with Crippen molar-refractivity contribution in [2.24, 2.45) is 0 Å². The summed E-state index contributed by atoms with van der Waals surface area (Å²) in [7, 11) is 0. The van der Waals surface area contributed by atoms with Crippen LogP contribution < -0.4 is 11.1 Å². The fourth-order valence-corrected chi connectivity index (χ4v) is 3.80. The van der Waals surface area contributed by atoms with E-state index in [-0.39, 0.29) is 5.91 Å². The van der Waals surface area contributed by atoms with Crippen molar-refractivity contribution < 1.29 is 4.79 Å². The summed E-state index contributed by atoms with van der Waals surface area (Å²) in [6.45, 7) is 6.93. The van der Waals surface area contributed by atoms with Gasteiger partial charge >= 0.3 is 0 Å². The number of fused-ring (bicyclic) bond motifs is 1. The second-order valence-corrected chi connectivity index (χ2v) is 7.46. The maximum absolute atomic E-state index is 12.4. The molecule has 5 heteroatoms. The van der Waals surface area contributed by atoms with Crippen LogP contribution in [0, 0.1) is 13.8 Å². The Morgan fingerprint density at radius 1 is 1.17 bits per heavy atom. The molecule has 0 unspecified atom stereocenters. The van der Waals surface area contributed by atoms with Crippen molar-refractivity contribution in [2.75, 3.05) is 12.3 Å². The van der Waals surface area contributed by atoms with Gasteiger partial charge in [0.1, 0.15) is 9.71 Å². The summed E-state index contributed by atoms with van der Waals surface area (Å²) in [6.07, 6.45) is 8.69. The lowest BCUT2D eigenvalue weighted by Gasteiger charge is -2.04. The third-order valence-corrected chi connectivity index (χ3v) is 5.55. The lowest BCUT2D eigenvalue weighted by atomic mass is 10.1. The van der Waals surface area contributed by atoms with Gasteiger partial charge in [-0.05, 0) is 31.9 Å². The van der Waals surface area contributed by atoms with E-state index in [2.05, 4.69) is 17.2 Å². The van der Waals surface area contributed by atoms with E-state index in [1.807, 2.05) is 19.9 Å². The van der Waals surface area contributed by atoms with Crippen molar-refractivity contribution in [2.45, 2.75) is 65.7 Å². The summed E-state index contributed by atoms with van der Waals surface area (Å²) >= 11 is 1.38. The van der Waals surface area contributed by atoms with E-state index in [1.54, 1.807) is 0 Å². The summed E-state index contributed by atoms with van der Waals surface area (Å²) in [5, 5.41) is 3.89. The molecule has 0 atom stereocenters. The van der Waals surface area contributed by atoms with Gasteiger partial charge in [0, 0.05) is 17.6 Å². The maximum atomic E-state index is 12.4. The number of aryl methyl sites for hydroxylation is 2. The number of nitrogens with one attached hydrogen (secondary N) is 1. The molecule has 2 rings (SSSR count). The van der Waals surface area contributed by atoms with Gasteiger partial charge in [0.25, 0.3) is 5.91 Å². The topological polar surface area (TPSA) is 68.0 Å². The Hall–Kier alpha value is -1.62. The number of nitrogens with two attached hydrogens (primary N) is 1. The zero-order valence-corrected chi connectivity index (χ0v) is 15.9. The van der Waals surface area contributed by atoms with E-state index >= 15 is 0 Å². The van der Waals surface area contributed by atoms with Gasteiger partial charge in [-0.3, -0.25) is 4.79 Å². The number of rotatable bonds is 9. The third-order valence-electron chi connectivity index (χ3n) is 4.44. The van der Waals surface area contributed by atoms with Gasteiger partial charge in [0.15, 0.2) is 0 Å². The first-order valence-corrected chi connectivity index (χ1v) is 9.80. The Balaban J connectivity index is 1.84. The molecule has 2 heterocycles. The molecule has 0 saturated heterocycles. The van der Waals surface area contributed by atoms with Gasteiger partial charge in [-0.15, -0.1) is 11.3 Å². The Morgan fingerprint density at radius 3 is 2.54 bits per heavy atom. The largest absolute Gasteiger partial charge is 0.397 e. The Morgan fingerprint density at radius 2 is 1.83 bits per heavy atom. The quantitative estimate of drug-likeness (QED) is 0.629. The molecule has 2 aromatic rings. The summed E-state index contributed by atoms with van der Waals surface area (Å²) in [5.41, 5.74) is 8.81. The number of nitrogen functional groups attached to an aromatic ring is 1. The molecule has 24 heavy (non-hydrogen) atoms. The van der Waals surface area contributed by atoms with E-state index in [9.17, 15) is 4.79 Å². The number of pyridine rings is 1. The first kappa shape index (κ1) is 18.7. The number of unbranched alkanes of at least 4 members (excludes halogenated alkanes) is 6. The first-order valence-electron chi connectivity index (χ1n) is 8.99. The molecule has 0 aliphatic carbocycles. The zero-order valence-electron chi connectivity index (χ0n) is 15.1. The number of anilines is 1. The Kier molecular flexibility index (Phi) is 7.03. The van der Waals surface area contributed by atoms with Gasteiger partial charge in [-0.2, -0.15) is 0 Å². The molecule has 1 amide bonds. The highest BCUT2D eigenvalue weighted by Crippen LogP contribution is 2.33. The van der Waals surface area contributed by atoms with Crippen LogP contribution in [0.1, 0.15) is 72.8 Å². The minimum Gasteiger partial charge on any atom is -0.397 e. The van der Waals surface area contributed by atoms with E-state index in [0.717, 1.165) is 27.9 Å². The van der Waals surface area contributed by atoms with Gasteiger partial charge in [-0.1, -0.05) is 45.4 Å². The standard InChI is InChI=1S/C19H29N3OS/c1-4-5-6-7-8-9-10-11-21-18(23)17-16(20)15-12-13(2)14(3)22-19(15)24-17/h12H,4-11,20H2,1-3H3,(H,21,23). The smallest absolute Gasteiger partial charge is 0.263 e. The highest BCUT2D eigenvalue weighted by molar-refractivity contribution is 7.21. The van der Waals surface area contributed by atoms with E-state index < -0.39 is 0 Å². The van der Waals surface area contributed by atoms with E-state index in [1.165, 1.54) is 49.9 Å². The minimum absolute atomic E-state index is 0.0724. The van der Waals surface area contributed by atoms with Crippen LogP contribution in [0.25, 0.3) is 10.2 Å². The van der Waals surface area contributed by atoms with E-state index in [4.69, 9.17) is 5.73 Å². The molecular formula is C19H29N3OS. The van der Waals surface area contributed by atoms with Crippen molar-refractivity contribution in [3.05, 3.63) is 22.2 Å². The highest BCUT2D eigenvalue weighted by Gasteiger charge is 2.17. The average Bonchev–Trinajstić information content (AvgIpc) is 2.87. The lowest BCUT2D eigenvalue weighted by Crippen LogP contribution is -2.24. The number of nitrogens with zero attached hydrogens (tertiary/aromatic N) is 1. The van der Waals surface area contributed by atoms with Crippen LogP contribution in [0.3, 0.4) is 0 Å².